The van der Waals surface area contributed by atoms with Crippen molar-refractivity contribution in [2.24, 2.45) is 0 Å². The quantitative estimate of drug-likeness (QED) is 0.594. The molecule has 1 atom stereocenters. The Balaban J connectivity index is 1.56. The average Bonchev–Trinajstić information content (AvgIpc) is 2.70. The number of nitrogens with zero attached hydrogens (tertiary/aromatic N) is 1. The first-order valence-corrected chi connectivity index (χ1v) is 8.99. The molecular weight excluding hydrogens is 345 g/mol. The van der Waals surface area contributed by atoms with Crippen LogP contribution in [0.5, 0.6) is 0 Å². The van der Waals surface area contributed by atoms with Gasteiger partial charge in [0.2, 0.25) is 0 Å². The summed E-state index contributed by atoms with van der Waals surface area (Å²) in [6.45, 7) is -0.338. The van der Waals surface area contributed by atoms with Crippen molar-refractivity contribution in [1.82, 2.24) is 4.90 Å². The highest BCUT2D eigenvalue weighted by molar-refractivity contribution is 5.89. The fourth-order valence-corrected chi connectivity index (χ4v) is 3.36. The van der Waals surface area contributed by atoms with E-state index in [4.69, 9.17) is 4.74 Å². The van der Waals surface area contributed by atoms with E-state index >= 15 is 0 Å². The zero-order chi connectivity index (χ0) is 19.2. The van der Waals surface area contributed by atoms with E-state index in [9.17, 15) is 14.0 Å². The Morgan fingerprint density at radius 3 is 2.74 bits per heavy atom. The van der Waals surface area contributed by atoms with Crippen LogP contribution in [-0.4, -0.2) is 30.4 Å². The SMILES string of the molecule is CN(C(=O)COC(=O)/C=C/c1ccccc1F)C1CCCc2ccccc21. The topological polar surface area (TPSA) is 46.6 Å². The van der Waals surface area contributed by atoms with Gasteiger partial charge in [-0.15, -0.1) is 0 Å². The van der Waals surface area contributed by atoms with Crippen molar-refractivity contribution in [3.63, 3.8) is 0 Å². The van der Waals surface area contributed by atoms with Crippen LogP contribution in [0.15, 0.2) is 54.6 Å². The maximum absolute atomic E-state index is 13.5. The lowest BCUT2D eigenvalue weighted by molar-refractivity contribution is -0.148. The van der Waals surface area contributed by atoms with Crippen molar-refractivity contribution in [3.05, 3.63) is 77.1 Å². The van der Waals surface area contributed by atoms with E-state index in [2.05, 4.69) is 6.07 Å². The third-order valence-electron chi connectivity index (χ3n) is 4.84. The summed E-state index contributed by atoms with van der Waals surface area (Å²) in [7, 11) is 1.73. The summed E-state index contributed by atoms with van der Waals surface area (Å²) in [6, 6.07) is 14.2. The molecular formula is C22H22FNO3. The van der Waals surface area contributed by atoms with E-state index in [1.165, 1.54) is 17.7 Å². The molecule has 0 aliphatic heterocycles. The van der Waals surface area contributed by atoms with Gasteiger partial charge in [0.05, 0.1) is 6.04 Å². The van der Waals surface area contributed by atoms with Gasteiger partial charge in [-0.05, 0) is 42.5 Å². The number of hydrogen-bond acceptors (Lipinski definition) is 3. The predicted octanol–water partition coefficient (Wildman–Crippen LogP) is 3.92. The fourth-order valence-electron chi connectivity index (χ4n) is 3.36. The molecule has 0 radical (unpaired) electrons. The van der Waals surface area contributed by atoms with Crippen molar-refractivity contribution in [2.45, 2.75) is 25.3 Å². The molecule has 0 spiro atoms. The lowest BCUT2D eigenvalue weighted by Gasteiger charge is -2.33. The Bertz CT molecular complexity index is 862. The number of carbonyl (C=O) groups excluding carboxylic acids is 2. The summed E-state index contributed by atoms with van der Waals surface area (Å²) in [5.74, 6) is -1.36. The van der Waals surface area contributed by atoms with Crippen LogP contribution < -0.4 is 0 Å². The lowest BCUT2D eigenvalue weighted by atomic mass is 9.87. The summed E-state index contributed by atoms with van der Waals surface area (Å²) < 4.78 is 18.5. The van der Waals surface area contributed by atoms with Gasteiger partial charge in [-0.2, -0.15) is 0 Å². The smallest absolute Gasteiger partial charge is 0.331 e. The van der Waals surface area contributed by atoms with Crippen LogP contribution in [0.2, 0.25) is 0 Å². The van der Waals surface area contributed by atoms with Gasteiger partial charge in [0.25, 0.3) is 5.91 Å². The number of carbonyl (C=O) groups is 2. The van der Waals surface area contributed by atoms with Crippen LogP contribution in [0, 0.1) is 5.82 Å². The van der Waals surface area contributed by atoms with Gasteiger partial charge in [0.1, 0.15) is 5.82 Å². The molecule has 0 bridgehead atoms. The summed E-state index contributed by atoms with van der Waals surface area (Å²) in [6.07, 6.45) is 5.39. The van der Waals surface area contributed by atoms with Gasteiger partial charge in [-0.1, -0.05) is 42.5 Å². The molecule has 0 heterocycles. The number of benzene rings is 2. The molecule has 0 fully saturated rings. The standard InChI is InChI=1S/C22H22FNO3/c1-24(20-12-6-9-16-7-2-4-10-18(16)20)21(25)15-27-22(26)14-13-17-8-3-5-11-19(17)23/h2-5,7-8,10-11,13-14,20H,6,9,12,15H2,1H3/b14-13+. The second-order valence-corrected chi connectivity index (χ2v) is 6.57. The van der Waals surface area contributed by atoms with E-state index in [1.807, 2.05) is 18.2 Å². The van der Waals surface area contributed by atoms with Crippen molar-refractivity contribution >= 4 is 18.0 Å². The molecule has 1 unspecified atom stereocenters. The van der Waals surface area contributed by atoms with Crippen molar-refractivity contribution < 1.29 is 18.7 Å². The number of ether oxygens (including phenoxy) is 1. The van der Waals surface area contributed by atoms with Crippen LogP contribution >= 0.6 is 0 Å². The number of esters is 1. The van der Waals surface area contributed by atoms with Crippen LogP contribution in [0.1, 0.15) is 35.6 Å². The van der Waals surface area contributed by atoms with Gasteiger partial charge in [-0.25, -0.2) is 9.18 Å². The maximum atomic E-state index is 13.5. The van der Waals surface area contributed by atoms with Crippen LogP contribution in [-0.2, 0) is 20.7 Å². The van der Waals surface area contributed by atoms with Gasteiger partial charge >= 0.3 is 5.97 Å². The summed E-state index contributed by atoms with van der Waals surface area (Å²) in [4.78, 5) is 25.9. The highest BCUT2D eigenvalue weighted by atomic mass is 19.1. The summed E-state index contributed by atoms with van der Waals surface area (Å²) in [5.41, 5.74) is 2.71. The van der Waals surface area contributed by atoms with Gasteiger partial charge in [-0.3, -0.25) is 4.79 Å². The first kappa shape index (κ1) is 18.8. The second-order valence-electron chi connectivity index (χ2n) is 6.57. The molecule has 2 aromatic carbocycles. The zero-order valence-electron chi connectivity index (χ0n) is 15.2. The Labute approximate surface area is 158 Å². The minimum Gasteiger partial charge on any atom is -0.452 e. The molecule has 1 amide bonds. The van der Waals surface area contributed by atoms with E-state index in [0.717, 1.165) is 30.9 Å². The van der Waals surface area contributed by atoms with Gasteiger partial charge in [0, 0.05) is 18.7 Å². The molecule has 5 heteroatoms. The first-order chi connectivity index (χ1) is 13.1. The molecule has 1 aliphatic carbocycles. The monoisotopic (exact) mass is 367 g/mol. The fraction of sp³-hybridized carbons (Fsp3) is 0.273. The van der Waals surface area contributed by atoms with E-state index in [-0.39, 0.29) is 24.1 Å². The van der Waals surface area contributed by atoms with Crippen molar-refractivity contribution in [2.75, 3.05) is 13.7 Å². The van der Waals surface area contributed by atoms with Gasteiger partial charge in [0.15, 0.2) is 6.61 Å². The Kier molecular flexibility index (Phi) is 6.01. The average molecular weight is 367 g/mol. The molecule has 0 N–H and O–H groups in total. The Morgan fingerprint density at radius 2 is 1.93 bits per heavy atom. The molecule has 4 nitrogen and oxygen atoms in total. The first-order valence-electron chi connectivity index (χ1n) is 8.99. The van der Waals surface area contributed by atoms with Crippen LogP contribution in [0.3, 0.4) is 0 Å². The third kappa shape index (κ3) is 4.61. The largest absolute Gasteiger partial charge is 0.452 e. The highest BCUT2D eigenvalue weighted by Gasteiger charge is 2.26. The molecule has 1 aliphatic rings. The Hall–Kier alpha value is -2.95. The lowest BCUT2D eigenvalue weighted by Crippen LogP contribution is -2.36. The molecule has 0 saturated carbocycles. The molecule has 3 rings (SSSR count). The second kappa shape index (κ2) is 8.62. The summed E-state index contributed by atoms with van der Waals surface area (Å²) >= 11 is 0. The zero-order valence-corrected chi connectivity index (χ0v) is 15.2. The molecule has 0 aromatic heterocycles. The number of halogens is 1. The minimum atomic E-state index is -0.677. The van der Waals surface area contributed by atoms with E-state index in [1.54, 1.807) is 30.1 Å². The number of rotatable bonds is 5. The molecule has 27 heavy (non-hydrogen) atoms. The Morgan fingerprint density at radius 1 is 1.19 bits per heavy atom. The van der Waals surface area contributed by atoms with Crippen LogP contribution in [0.25, 0.3) is 6.08 Å². The molecule has 2 aromatic rings. The third-order valence-corrected chi connectivity index (χ3v) is 4.84. The van der Waals surface area contributed by atoms with E-state index in [0.29, 0.717) is 0 Å². The molecule has 140 valence electrons. The molecule has 0 saturated heterocycles. The maximum Gasteiger partial charge on any atom is 0.331 e. The van der Waals surface area contributed by atoms with Crippen LogP contribution in [0.4, 0.5) is 4.39 Å². The summed E-state index contributed by atoms with van der Waals surface area (Å²) in [5, 5.41) is 0. The number of amides is 1. The highest BCUT2D eigenvalue weighted by Crippen LogP contribution is 2.33. The minimum absolute atomic E-state index is 0.00453. The number of likely N-dealkylation sites (N-methyl/N-ethyl adjacent to an activating group) is 1. The number of hydrogen-bond donors (Lipinski definition) is 0. The normalized spacial score (nSPS) is 16.0. The van der Waals surface area contributed by atoms with E-state index < -0.39 is 11.8 Å². The number of aryl methyl sites for hydroxylation is 1. The van der Waals surface area contributed by atoms with Gasteiger partial charge < -0.3 is 9.64 Å². The van der Waals surface area contributed by atoms with Crippen molar-refractivity contribution in [1.29, 1.82) is 0 Å². The number of fused-ring (bicyclic) bond motifs is 1. The van der Waals surface area contributed by atoms with Crippen molar-refractivity contribution in [3.8, 4) is 0 Å². The predicted molar refractivity (Wildman–Crippen MR) is 101 cm³/mol.